The number of aryl methyl sites for hydroxylation is 1. The number of furan rings is 1. The predicted molar refractivity (Wildman–Crippen MR) is 86.4 cm³/mol. The Balaban J connectivity index is 1.72. The maximum absolute atomic E-state index is 11.3. The van der Waals surface area contributed by atoms with Crippen molar-refractivity contribution in [2.75, 3.05) is 6.54 Å². The van der Waals surface area contributed by atoms with Gasteiger partial charge in [0, 0.05) is 18.0 Å². The lowest BCUT2D eigenvalue weighted by molar-refractivity contribution is -0.119. The van der Waals surface area contributed by atoms with E-state index < -0.39 is 0 Å². The van der Waals surface area contributed by atoms with Gasteiger partial charge in [-0.2, -0.15) is 0 Å². The monoisotopic (exact) mass is 319 g/mol. The Morgan fingerprint density at radius 2 is 2.23 bits per heavy atom. The van der Waals surface area contributed by atoms with Crippen LogP contribution in [0.4, 0.5) is 0 Å². The Morgan fingerprint density at radius 3 is 2.86 bits per heavy atom. The molecule has 22 heavy (non-hydrogen) atoms. The predicted octanol–water partition coefficient (Wildman–Crippen LogP) is 2.94. The summed E-state index contributed by atoms with van der Waals surface area (Å²) < 4.78 is 5.61. The van der Waals surface area contributed by atoms with E-state index in [4.69, 9.17) is 10.2 Å². The summed E-state index contributed by atoms with van der Waals surface area (Å²) in [6, 6.07) is 4.33. The van der Waals surface area contributed by atoms with Crippen LogP contribution in [0.5, 0.6) is 0 Å². The minimum Gasteiger partial charge on any atom is -0.459 e. The zero-order valence-electron chi connectivity index (χ0n) is 12.7. The van der Waals surface area contributed by atoms with Crippen molar-refractivity contribution >= 4 is 17.2 Å². The third-order valence-corrected chi connectivity index (χ3v) is 4.97. The molecule has 1 aliphatic rings. The first-order valence-corrected chi connectivity index (χ1v) is 8.53. The summed E-state index contributed by atoms with van der Waals surface area (Å²) in [5.41, 5.74) is 6.37. The number of nitrogens with two attached hydrogens (primary N) is 1. The highest BCUT2D eigenvalue weighted by Crippen LogP contribution is 2.28. The van der Waals surface area contributed by atoms with Gasteiger partial charge in [0.25, 0.3) is 0 Å². The van der Waals surface area contributed by atoms with Gasteiger partial charge in [0.15, 0.2) is 10.8 Å². The van der Waals surface area contributed by atoms with Crippen LogP contribution in [0.1, 0.15) is 37.1 Å². The Labute approximate surface area is 134 Å². The molecule has 0 saturated heterocycles. The van der Waals surface area contributed by atoms with Gasteiger partial charge < -0.3 is 10.2 Å². The van der Waals surface area contributed by atoms with Crippen molar-refractivity contribution < 1.29 is 9.21 Å². The fourth-order valence-corrected chi connectivity index (χ4v) is 3.80. The van der Waals surface area contributed by atoms with Gasteiger partial charge in [-0.05, 0) is 31.9 Å². The molecule has 2 aromatic heterocycles. The SMILES string of the molecule is Cc1ccc(-c2nc(CN(CC(N)=O)C3CCCC3)cs2)o1. The molecule has 0 bridgehead atoms. The first-order chi connectivity index (χ1) is 10.6. The van der Waals surface area contributed by atoms with E-state index in [1.54, 1.807) is 11.3 Å². The lowest BCUT2D eigenvalue weighted by Gasteiger charge is -2.26. The van der Waals surface area contributed by atoms with Gasteiger partial charge in [-0.25, -0.2) is 4.98 Å². The van der Waals surface area contributed by atoms with E-state index in [0.29, 0.717) is 19.1 Å². The normalized spacial score (nSPS) is 15.7. The van der Waals surface area contributed by atoms with Gasteiger partial charge in [-0.3, -0.25) is 9.69 Å². The molecule has 0 aliphatic heterocycles. The number of hydrogen-bond acceptors (Lipinski definition) is 5. The largest absolute Gasteiger partial charge is 0.459 e. The zero-order chi connectivity index (χ0) is 15.5. The quantitative estimate of drug-likeness (QED) is 0.888. The van der Waals surface area contributed by atoms with Crippen molar-refractivity contribution in [3.05, 3.63) is 29.0 Å². The highest BCUT2D eigenvalue weighted by atomic mass is 32.1. The molecule has 118 valence electrons. The molecule has 3 rings (SSSR count). The molecule has 1 saturated carbocycles. The maximum Gasteiger partial charge on any atom is 0.231 e. The summed E-state index contributed by atoms with van der Waals surface area (Å²) in [6.07, 6.45) is 4.74. The Hall–Kier alpha value is -1.66. The standard InChI is InChI=1S/C16H21N3O2S/c1-11-6-7-14(21-11)16-18-12(10-22-16)8-19(9-15(17)20)13-4-2-3-5-13/h6-7,10,13H,2-5,8-9H2,1H3,(H2,17,20). The van der Waals surface area contributed by atoms with Crippen LogP contribution in [0.3, 0.4) is 0 Å². The third kappa shape index (κ3) is 3.56. The molecule has 1 aliphatic carbocycles. The molecule has 0 spiro atoms. The van der Waals surface area contributed by atoms with E-state index in [1.807, 2.05) is 24.4 Å². The van der Waals surface area contributed by atoms with Crippen molar-refractivity contribution in [2.45, 2.75) is 45.2 Å². The molecular weight excluding hydrogens is 298 g/mol. The molecule has 0 aromatic carbocycles. The van der Waals surface area contributed by atoms with E-state index >= 15 is 0 Å². The number of carbonyl (C=O) groups excluding carboxylic acids is 1. The molecule has 5 nitrogen and oxygen atoms in total. The molecule has 6 heteroatoms. The molecule has 2 aromatic rings. The number of carbonyl (C=O) groups is 1. The first-order valence-electron chi connectivity index (χ1n) is 7.65. The topological polar surface area (TPSA) is 72.4 Å². The van der Waals surface area contributed by atoms with Crippen LogP contribution < -0.4 is 5.73 Å². The number of amides is 1. The molecule has 2 N–H and O–H groups in total. The lowest BCUT2D eigenvalue weighted by Crippen LogP contribution is -2.39. The highest BCUT2D eigenvalue weighted by Gasteiger charge is 2.24. The molecule has 1 amide bonds. The van der Waals surface area contributed by atoms with Crippen LogP contribution in [0, 0.1) is 6.92 Å². The third-order valence-electron chi connectivity index (χ3n) is 4.07. The van der Waals surface area contributed by atoms with Crippen LogP contribution in [0.15, 0.2) is 21.9 Å². The van der Waals surface area contributed by atoms with Gasteiger partial charge in [0.2, 0.25) is 5.91 Å². The van der Waals surface area contributed by atoms with E-state index in [0.717, 1.165) is 35.1 Å². The van der Waals surface area contributed by atoms with Crippen molar-refractivity contribution in [1.29, 1.82) is 0 Å². The fraction of sp³-hybridized carbons (Fsp3) is 0.500. The van der Waals surface area contributed by atoms with E-state index in [2.05, 4.69) is 9.88 Å². The number of primary amides is 1. The first kappa shape index (κ1) is 15.2. The summed E-state index contributed by atoms with van der Waals surface area (Å²) in [4.78, 5) is 18.1. The summed E-state index contributed by atoms with van der Waals surface area (Å²) in [7, 11) is 0. The molecule has 0 unspecified atom stereocenters. The number of rotatable bonds is 6. The van der Waals surface area contributed by atoms with Gasteiger partial charge in [0.05, 0.1) is 12.2 Å². The zero-order valence-corrected chi connectivity index (χ0v) is 13.6. The molecule has 0 radical (unpaired) electrons. The van der Waals surface area contributed by atoms with Crippen molar-refractivity contribution in [3.8, 4) is 10.8 Å². The molecule has 0 atom stereocenters. The smallest absolute Gasteiger partial charge is 0.231 e. The van der Waals surface area contributed by atoms with Crippen molar-refractivity contribution in [3.63, 3.8) is 0 Å². The van der Waals surface area contributed by atoms with Crippen molar-refractivity contribution in [2.24, 2.45) is 5.73 Å². The van der Waals surface area contributed by atoms with Gasteiger partial charge in [-0.15, -0.1) is 11.3 Å². The Kier molecular flexibility index (Phi) is 4.59. The molecule has 1 fully saturated rings. The maximum atomic E-state index is 11.3. The average Bonchev–Trinajstić information content (AvgIpc) is 3.17. The van der Waals surface area contributed by atoms with Crippen LogP contribution in [0.25, 0.3) is 10.8 Å². The number of hydrogen-bond donors (Lipinski definition) is 1. The minimum absolute atomic E-state index is 0.274. The van der Waals surface area contributed by atoms with Crippen molar-refractivity contribution in [1.82, 2.24) is 9.88 Å². The van der Waals surface area contributed by atoms with E-state index in [1.165, 1.54) is 12.8 Å². The molecular formula is C16H21N3O2S. The van der Waals surface area contributed by atoms with Gasteiger partial charge >= 0.3 is 0 Å². The van der Waals surface area contributed by atoms with Crippen LogP contribution in [-0.2, 0) is 11.3 Å². The second kappa shape index (κ2) is 6.62. The minimum atomic E-state index is -0.274. The van der Waals surface area contributed by atoms with Gasteiger partial charge in [-0.1, -0.05) is 12.8 Å². The summed E-state index contributed by atoms with van der Waals surface area (Å²) >= 11 is 1.57. The summed E-state index contributed by atoms with van der Waals surface area (Å²) in [6.45, 7) is 2.90. The van der Waals surface area contributed by atoms with Crippen LogP contribution in [-0.4, -0.2) is 28.4 Å². The Bertz CT molecular complexity index is 643. The number of nitrogens with zero attached hydrogens (tertiary/aromatic N) is 2. The molecule has 2 heterocycles. The number of thiazole rings is 1. The second-order valence-corrected chi connectivity index (χ2v) is 6.72. The van der Waals surface area contributed by atoms with E-state index in [9.17, 15) is 4.79 Å². The summed E-state index contributed by atoms with van der Waals surface area (Å²) in [5, 5.41) is 2.92. The average molecular weight is 319 g/mol. The van der Waals surface area contributed by atoms with Crippen LogP contribution >= 0.6 is 11.3 Å². The Morgan fingerprint density at radius 1 is 1.45 bits per heavy atom. The van der Waals surface area contributed by atoms with Crippen LogP contribution in [0.2, 0.25) is 0 Å². The lowest BCUT2D eigenvalue weighted by atomic mass is 10.2. The highest BCUT2D eigenvalue weighted by molar-refractivity contribution is 7.13. The summed E-state index contributed by atoms with van der Waals surface area (Å²) in [5.74, 6) is 1.41. The second-order valence-electron chi connectivity index (χ2n) is 5.86. The number of aromatic nitrogens is 1. The fourth-order valence-electron chi connectivity index (χ4n) is 3.03. The van der Waals surface area contributed by atoms with Gasteiger partial charge in [0.1, 0.15) is 5.76 Å². The van der Waals surface area contributed by atoms with E-state index in [-0.39, 0.29) is 5.91 Å².